The summed E-state index contributed by atoms with van der Waals surface area (Å²) in [7, 11) is 2.07. The summed E-state index contributed by atoms with van der Waals surface area (Å²) in [4.78, 5) is 11.1. The molecule has 1 aromatic carbocycles. The number of carboxylic acids is 1. The molecule has 2 aromatic rings. The van der Waals surface area contributed by atoms with E-state index in [-0.39, 0.29) is 5.92 Å². The first-order valence-corrected chi connectivity index (χ1v) is 5.96. The van der Waals surface area contributed by atoms with Crippen LogP contribution in [0, 0.1) is 5.92 Å². The number of aryl methyl sites for hydroxylation is 1. The molecule has 0 aliphatic heterocycles. The van der Waals surface area contributed by atoms with Crippen molar-refractivity contribution in [3.8, 4) is 0 Å². The quantitative estimate of drug-likeness (QED) is 0.815. The van der Waals surface area contributed by atoms with Gasteiger partial charge in [0.25, 0.3) is 0 Å². The van der Waals surface area contributed by atoms with Gasteiger partial charge < -0.3 is 9.67 Å². The number of hydrogen-bond acceptors (Lipinski definition) is 1. The average Bonchev–Trinajstić information content (AvgIpc) is 2.64. The van der Waals surface area contributed by atoms with Crippen LogP contribution in [0.15, 0.2) is 24.3 Å². The minimum atomic E-state index is -0.663. The molecule has 1 atom stereocenters. The molecule has 0 fully saturated rings. The highest BCUT2D eigenvalue weighted by molar-refractivity contribution is 5.86. The lowest BCUT2D eigenvalue weighted by atomic mass is 9.86. The van der Waals surface area contributed by atoms with E-state index in [0.717, 1.165) is 12.8 Å². The Morgan fingerprint density at radius 3 is 2.94 bits per heavy atom. The topological polar surface area (TPSA) is 42.2 Å². The number of para-hydroxylation sites is 1. The molecule has 1 aromatic heterocycles. The van der Waals surface area contributed by atoms with E-state index in [0.29, 0.717) is 6.42 Å². The number of benzene rings is 1. The van der Waals surface area contributed by atoms with E-state index < -0.39 is 5.97 Å². The molecule has 3 nitrogen and oxygen atoms in total. The van der Waals surface area contributed by atoms with Crippen molar-refractivity contribution in [3.05, 3.63) is 35.5 Å². The molecule has 0 saturated carbocycles. The smallest absolute Gasteiger partial charge is 0.306 e. The molecule has 1 aliphatic rings. The second-order valence-electron chi connectivity index (χ2n) is 4.78. The van der Waals surface area contributed by atoms with Gasteiger partial charge in [-0.3, -0.25) is 4.79 Å². The standard InChI is InChI=1S/C14H15NO2/c1-15-12-5-3-2-4-10(12)11-8-9(14(16)17)6-7-13(11)15/h2-5,9H,6-8H2,1H3,(H,16,17)/t9-/m0/s1. The molecule has 0 amide bonds. The summed E-state index contributed by atoms with van der Waals surface area (Å²) in [6.07, 6.45) is 2.30. The van der Waals surface area contributed by atoms with Crippen LogP contribution in [0.1, 0.15) is 17.7 Å². The normalized spacial score (nSPS) is 19.2. The lowest BCUT2D eigenvalue weighted by Gasteiger charge is -2.19. The summed E-state index contributed by atoms with van der Waals surface area (Å²) < 4.78 is 2.21. The van der Waals surface area contributed by atoms with Gasteiger partial charge >= 0.3 is 5.97 Å². The van der Waals surface area contributed by atoms with E-state index in [2.05, 4.69) is 23.7 Å². The van der Waals surface area contributed by atoms with Gasteiger partial charge in [-0.1, -0.05) is 18.2 Å². The Kier molecular flexibility index (Phi) is 2.21. The zero-order valence-electron chi connectivity index (χ0n) is 9.81. The number of carbonyl (C=O) groups is 1. The number of nitrogens with zero attached hydrogens (tertiary/aromatic N) is 1. The fraction of sp³-hybridized carbons (Fsp3) is 0.357. The Labute approximate surface area is 99.7 Å². The molecule has 0 radical (unpaired) electrons. The van der Waals surface area contributed by atoms with Gasteiger partial charge in [-0.05, 0) is 30.9 Å². The van der Waals surface area contributed by atoms with E-state index in [4.69, 9.17) is 5.11 Å². The largest absolute Gasteiger partial charge is 0.481 e. The number of aromatic nitrogens is 1. The van der Waals surface area contributed by atoms with Gasteiger partial charge in [0.15, 0.2) is 0 Å². The Bertz CT molecular complexity index is 598. The summed E-state index contributed by atoms with van der Waals surface area (Å²) in [5.74, 6) is -0.878. The fourth-order valence-electron chi connectivity index (χ4n) is 2.94. The van der Waals surface area contributed by atoms with Crippen molar-refractivity contribution >= 4 is 16.9 Å². The Hall–Kier alpha value is -1.77. The Balaban J connectivity index is 2.18. The van der Waals surface area contributed by atoms with Crippen molar-refractivity contribution in [3.63, 3.8) is 0 Å². The summed E-state index contributed by atoms with van der Waals surface area (Å²) in [5, 5.41) is 10.4. The first-order valence-electron chi connectivity index (χ1n) is 5.96. The van der Waals surface area contributed by atoms with Crippen molar-refractivity contribution < 1.29 is 9.90 Å². The third-order valence-corrected chi connectivity index (χ3v) is 3.87. The van der Waals surface area contributed by atoms with Crippen LogP contribution in [0.5, 0.6) is 0 Å². The molecule has 1 N–H and O–H groups in total. The number of rotatable bonds is 1. The van der Waals surface area contributed by atoms with Crippen LogP contribution in [0.4, 0.5) is 0 Å². The third kappa shape index (κ3) is 1.46. The minimum absolute atomic E-state index is 0.215. The Morgan fingerprint density at radius 2 is 2.18 bits per heavy atom. The van der Waals surface area contributed by atoms with E-state index in [9.17, 15) is 4.79 Å². The van der Waals surface area contributed by atoms with Crippen molar-refractivity contribution in [2.24, 2.45) is 13.0 Å². The zero-order valence-corrected chi connectivity index (χ0v) is 9.81. The van der Waals surface area contributed by atoms with Crippen LogP contribution in [-0.4, -0.2) is 15.6 Å². The number of hydrogen-bond donors (Lipinski definition) is 1. The maximum Gasteiger partial charge on any atom is 0.306 e. The Morgan fingerprint density at radius 1 is 1.41 bits per heavy atom. The summed E-state index contributed by atoms with van der Waals surface area (Å²) in [6, 6.07) is 8.25. The van der Waals surface area contributed by atoms with Crippen LogP contribution < -0.4 is 0 Å². The number of carboxylic acid groups (broad SMARTS) is 1. The molecule has 1 aliphatic carbocycles. The van der Waals surface area contributed by atoms with Crippen molar-refractivity contribution in [1.29, 1.82) is 0 Å². The van der Waals surface area contributed by atoms with E-state index in [1.165, 1.54) is 22.2 Å². The highest BCUT2D eigenvalue weighted by atomic mass is 16.4. The molecule has 0 spiro atoms. The molecule has 0 saturated heterocycles. The average molecular weight is 229 g/mol. The summed E-state index contributed by atoms with van der Waals surface area (Å²) in [6.45, 7) is 0. The van der Waals surface area contributed by atoms with E-state index in [1.54, 1.807) is 0 Å². The van der Waals surface area contributed by atoms with Crippen LogP contribution in [-0.2, 0) is 24.7 Å². The van der Waals surface area contributed by atoms with E-state index >= 15 is 0 Å². The zero-order chi connectivity index (χ0) is 12.0. The van der Waals surface area contributed by atoms with Crippen LogP contribution in [0.25, 0.3) is 10.9 Å². The van der Waals surface area contributed by atoms with Gasteiger partial charge in [-0.2, -0.15) is 0 Å². The van der Waals surface area contributed by atoms with Gasteiger partial charge in [0.2, 0.25) is 0 Å². The van der Waals surface area contributed by atoms with Gasteiger partial charge in [-0.15, -0.1) is 0 Å². The van der Waals surface area contributed by atoms with E-state index in [1.807, 2.05) is 12.1 Å². The van der Waals surface area contributed by atoms with Gasteiger partial charge in [0.05, 0.1) is 5.92 Å². The first kappa shape index (κ1) is 10.4. The van der Waals surface area contributed by atoms with Gasteiger partial charge in [-0.25, -0.2) is 0 Å². The number of fused-ring (bicyclic) bond motifs is 3. The van der Waals surface area contributed by atoms with Crippen LogP contribution in [0.3, 0.4) is 0 Å². The van der Waals surface area contributed by atoms with Crippen LogP contribution >= 0.6 is 0 Å². The minimum Gasteiger partial charge on any atom is -0.481 e. The fourth-order valence-corrected chi connectivity index (χ4v) is 2.94. The van der Waals surface area contributed by atoms with Crippen molar-refractivity contribution in [2.75, 3.05) is 0 Å². The highest BCUT2D eigenvalue weighted by Gasteiger charge is 2.27. The highest BCUT2D eigenvalue weighted by Crippen LogP contribution is 2.33. The molecule has 3 heteroatoms. The predicted octanol–water partition coefficient (Wildman–Crippen LogP) is 2.37. The molecule has 88 valence electrons. The second-order valence-corrected chi connectivity index (χ2v) is 4.78. The lowest BCUT2D eigenvalue weighted by Crippen LogP contribution is -2.22. The molecular formula is C14H15NO2. The predicted molar refractivity (Wildman–Crippen MR) is 66.1 cm³/mol. The third-order valence-electron chi connectivity index (χ3n) is 3.87. The summed E-state index contributed by atoms with van der Waals surface area (Å²) in [5.41, 5.74) is 3.76. The molecule has 17 heavy (non-hydrogen) atoms. The molecule has 0 unspecified atom stereocenters. The van der Waals surface area contributed by atoms with Crippen molar-refractivity contribution in [1.82, 2.24) is 4.57 Å². The van der Waals surface area contributed by atoms with Gasteiger partial charge in [0.1, 0.15) is 0 Å². The second kappa shape index (κ2) is 3.62. The van der Waals surface area contributed by atoms with Crippen molar-refractivity contribution in [2.45, 2.75) is 19.3 Å². The molecule has 0 bridgehead atoms. The lowest BCUT2D eigenvalue weighted by molar-refractivity contribution is -0.142. The SMILES string of the molecule is Cn1c2c(c3ccccc31)C[C@@H](C(=O)O)CC2. The maximum absolute atomic E-state index is 11.1. The first-order chi connectivity index (χ1) is 8.18. The summed E-state index contributed by atoms with van der Waals surface area (Å²) >= 11 is 0. The number of aliphatic carboxylic acids is 1. The molecular weight excluding hydrogens is 214 g/mol. The monoisotopic (exact) mass is 229 g/mol. The van der Waals surface area contributed by atoms with Gasteiger partial charge in [0, 0.05) is 23.6 Å². The van der Waals surface area contributed by atoms with Crippen LogP contribution in [0.2, 0.25) is 0 Å². The maximum atomic E-state index is 11.1. The molecule has 1 heterocycles. The molecule has 3 rings (SSSR count).